The fraction of sp³-hybridized carbons (Fsp3) is 0.400. The van der Waals surface area contributed by atoms with Crippen LogP contribution in [0.1, 0.15) is 50.7 Å². The Balaban J connectivity index is 1.65. The zero-order valence-electron chi connectivity index (χ0n) is 13.3. The highest BCUT2D eigenvalue weighted by Gasteiger charge is 2.31. The van der Waals surface area contributed by atoms with Crippen molar-refractivity contribution in [3.8, 4) is 0 Å². The van der Waals surface area contributed by atoms with Gasteiger partial charge in [0.05, 0.1) is 0 Å². The molecule has 1 fully saturated rings. The minimum atomic E-state index is 0.187. The summed E-state index contributed by atoms with van der Waals surface area (Å²) in [6, 6.07) is 20.2. The van der Waals surface area contributed by atoms with Gasteiger partial charge in [-0.25, -0.2) is 0 Å². The molecule has 0 saturated heterocycles. The third-order valence-electron chi connectivity index (χ3n) is 4.50. The average Bonchev–Trinajstić information content (AvgIpc) is 2.43. The van der Waals surface area contributed by atoms with Gasteiger partial charge >= 0.3 is 0 Å². The molecular formula is C20H25N. The molecular weight excluding hydrogens is 254 g/mol. The molecule has 0 heterocycles. The van der Waals surface area contributed by atoms with Crippen LogP contribution in [0.5, 0.6) is 0 Å². The van der Waals surface area contributed by atoms with Crippen molar-refractivity contribution in [1.82, 2.24) is 0 Å². The second kappa shape index (κ2) is 5.55. The lowest BCUT2D eigenvalue weighted by Crippen LogP contribution is -2.34. The van der Waals surface area contributed by atoms with Crippen LogP contribution < -0.4 is 5.32 Å². The molecule has 1 heteroatoms. The molecule has 0 aliphatic heterocycles. The number of nitrogens with one attached hydrogen (secondary N) is 1. The summed E-state index contributed by atoms with van der Waals surface area (Å²) in [4.78, 5) is 0. The summed E-state index contributed by atoms with van der Waals surface area (Å²) >= 11 is 0. The van der Waals surface area contributed by atoms with E-state index in [2.05, 4.69) is 80.7 Å². The van der Waals surface area contributed by atoms with E-state index in [-0.39, 0.29) is 5.41 Å². The van der Waals surface area contributed by atoms with Gasteiger partial charge in [0.25, 0.3) is 0 Å². The Kier molecular flexibility index (Phi) is 3.75. The van der Waals surface area contributed by atoms with Crippen molar-refractivity contribution in [2.75, 3.05) is 5.32 Å². The summed E-state index contributed by atoms with van der Waals surface area (Å²) in [6.07, 6.45) is 2.48. The van der Waals surface area contributed by atoms with Gasteiger partial charge in [0, 0.05) is 11.7 Å². The zero-order chi connectivity index (χ0) is 14.9. The van der Waals surface area contributed by atoms with E-state index in [0.29, 0.717) is 6.04 Å². The van der Waals surface area contributed by atoms with Gasteiger partial charge in [-0.1, -0.05) is 69.3 Å². The molecule has 1 saturated carbocycles. The van der Waals surface area contributed by atoms with E-state index in [1.807, 2.05) is 0 Å². The summed E-state index contributed by atoms with van der Waals surface area (Å²) in [5, 5.41) is 3.75. The fourth-order valence-electron chi connectivity index (χ4n) is 3.22. The van der Waals surface area contributed by atoms with Crippen LogP contribution in [0.15, 0.2) is 54.6 Å². The van der Waals surface area contributed by atoms with Gasteiger partial charge in [-0.3, -0.25) is 0 Å². The van der Waals surface area contributed by atoms with E-state index in [4.69, 9.17) is 0 Å². The van der Waals surface area contributed by atoms with E-state index < -0.39 is 0 Å². The van der Waals surface area contributed by atoms with Gasteiger partial charge in [-0.05, 0) is 41.4 Å². The van der Waals surface area contributed by atoms with Gasteiger partial charge < -0.3 is 5.32 Å². The van der Waals surface area contributed by atoms with Gasteiger partial charge in [0.1, 0.15) is 0 Å². The summed E-state index contributed by atoms with van der Waals surface area (Å²) in [6.45, 7) is 6.84. The summed E-state index contributed by atoms with van der Waals surface area (Å²) < 4.78 is 0. The fourth-order valence-corrected chi connectivity index (χ4v) is 3.22. The highest BCUT2D eigenvalue weighted by molar-refractivity contribution is 5.55. The van der Waals surface area contributed by atoms with Gasteiger partial charge in [0.2, 0.25) is 0 Å². The van der Waals surface area contributed by atoms with Crippen molar-refractivity contribution in [3.63, 3.8) is 0 Å². The molecule has 1 aliphatic carbocycles. The predicted molar refractivity (Wildman–Crippen MR) is 91.0 cm³/mol. The Morgan fingerprint density at radius 1 is 0.857 bits per heavy atom. The molecule has 3 rings (SSSR count). The highest BCUT2D eigenvalue weighted by atomic mass is 14.9. The van der Waals surface area contributed by atoms with E-state index in [1.54, 1.807) is 0 Å². The Labute approximate surface area is 128 Å². The Morgan fingerprint density at radius 3 is 2.14 bits per heavy atom. The maximum absolute atomic E-state index is 3.75. The van der Waals surface area contributed by atoms with Crippen molar-refractivity contribution in [3.05, 3.63) is 65.7 Å². The lowest BCUT2D eigenvalue weighted by molar-refractivity contribution is 0.373. The standard InChI is InChI=1S/C20H25N/c1-20(2,3)18-11-7-8-12-19(18)21-17-13-16(14-17)15-9-5-4-6-10-15/h4-12,16-17,21H,13-14H2,1-3H3. The van der Waals surface area contributed by atoms with Crippen molar-refractivity contribution in [2.45, 2.75) is 51.0 Å². The van der Waals surface area contributed by atoms with Crippen LogP contribution in [-0.2, 0) is 5.41 Å². The van der Waals surface area contributed by atoms with Crippen LogP contribution in [0, 0.1) is 0 Å². The van der Waals surface area contributed by atoms with Crippen LogP contribution in [0.25, 0.3) is 0 Å². The monoisotopic (exact) mass is 279 g/mol. The number of rotatable bonds is 3. The summed E-state index contributed by atoms with van der Waals surface area (Å²) in [5.74, 6) is 0.727. The van der Waals surface area contributed by atoms with E-state index in [0.717, 1.165) is 5.92 Å². The molecule has 0 radical (unpaired) electrons. The molecule has 2 aromatic carbocycles. The molecule has 1 nitrogen and oxygen atoms in total. The zero-order valence-corrected chi connectivity index (χ0v) is 13.3. The lowest BCUT2D eigenvalue weighted by Gasteiger charge is -2.38. The normalized spacial score (nSPS) is 21.7. The quantitative estimate of drug-likeness (QED) is 0.799. The predicted octanol–water partition coefficient (Wildman–Crippen LogP) is 5.34. The first-order valence-electron chi connectivity index (χ1n) is 7.95. The van der Waals surface area contributed by atoms with Crippen molar-refractivity contribution >= 4 is 5.69 Å². The second-order valence-electron chi connectivity index (χ2n) is 7.22. The number of hydrogen-bond acceptors (Lipinski definition) is 1. The first kappa shape index (κ1) is 14.2. The lowest BCUT2D eigenvalue weighted by atomic mass is 9.75. The molecule has 0 bridgehead atoms. The van der Waals surface area contributed by atoms with Crippen LogP contribution in [-0.4, -0.2) is 6.04 Å². The van der Waals surface area contributed by atoms with Crippen molar-refractivity contribution in [2.24, 2.45) is 0 Å². The molecule has 110 valence electrons. The highest BCUT2D eigenvalue weighted by Crippen LogP contribution is 2.39. The molecule has 0 unspecified atom stereocenters. The van der Waals surface area contributed by atoms with E-state index in [9.17, 15) is 0 Å². The Morgan fingerprint density at radius 2 is 1.48 bits per heavy atom. The first-order chi connectivity index (χ1) is 10.0. The average molecular weight is 279 g/mol. The number of benzene rings is 2. The minimum absolute atomic E-state index is 0.187. The SMILES string of the molecule is CC(C)(C)c1ccccc1NC1CC(c2ccccc2)C1. The van der Waals surface area contributed by atoms with Gasteiger partial charge in [-0.2, -0.15) is 0 Å². The number of para-hydroxylation sites is 1. The minimum Gasteiger partial charge on any atom is -0.382 e. The maximum atomic E-state index is 3.75. The smallest absolute Gasteiger partial charge is 0.0380 e. The Bertz CT molecular complexity index is 589. The molecule has 1 N–H and O–H groups in total. The van der Waals surface area contributed by atoms with Crippen LogP contribution in [0.3, 0.4) is 0 Å². The third-order valence-corrected chi connectivity index (χ3v) is 4.50. The molecule has 0 atom stereocenters. The van der Waals surface area contributed by atoms with Gasteiger partial charge in [-0.15, -0.1) is 0 Å². The van der Waals surface area contributed by atoms with Crippen molar-refractivity contribution < 1.29 is 0 Å². The molecule has 2 aromatic rings. The number of hydrogen-bond donors (Lipinski definition) is 1. The first-order valence-corrected chi connectivity index (χ1v) is 7.95. The maximum Gasteiger partial charge on any atom is 0.0380 e. The molecule has 0 amide bonds. The largest absolute Gasteiger partial charge is 0.382 e. The van der Waals surface area contributed by atoms with Crippen molar-refractivity contribution in [1.29, 1.82) is 0 Å². The Hall–Kier alpha value is -1.76. The van der Waals surface area contributed by atoms with Crippen LogP contribution in [0.4, 0.5) is 5.69 Å². The van der Waals surface area contributed by atoms with Crippen LogP contribution in [0.2, 0.25) is 0 Å². The molecule has 21 heavy (non-hydrogen) atoms. The van der Waals surface area contributed by atoms with E-state index >= 15 is 0 Å². The van der Waals surface area contributed by atoms with Gasteiger partial charge in [0.15, 0.2) is 0 Å². The summed E-state index contributed by atoms with van der Waals surface area (Å²) in [7, 11) is 0. The molecule has 0 aromatic heterocycles. The topological polar surface area (TPSA) is 12.0 Å². The van der Waals surface area contributed by atoms with E-state index in [1.165, 1.54) is 29.7 Å². The third kappa shape index (κ3) is 3.12. The summed E-state index contributed by atoms with van der Waals surface area (Å²) in [5.41, 5.74) is 4.39. The number of anilines is 1. The van der Waals surface area contributed by atoms with Crippen LogP contribution >= 0.6 is 0 Å². The molecule has 1 aliphatic rings. The molecule has 0 spiro atoms. The second-order valence-corrected chi connectivity index (χ2v) is 7.22.